The molecule has 3 aromatic rings. The molecule has 0 bridgehead atoms. The lowest BCUT2D eigenvalue weighted by Crippen LogP contribution is -2.55. The van der Waals surface area contributed by atoms with Gasteiger partial charge < -0.3 is 4.74 Å². The normalized spacial score (nSPS) is 12.4. The molecule has 106 valence electrons. The first-order valence-electron chi connectivity index (χ1n) is 7.05. The van der Waals surface area contributed by atoms with Crippen LogP contribution in [0.2, 0.25) is 0 Å². The highest BCUT2D eigenvalue weighted by atomic mass is 79.9. The van der Waals surface area contributed by atoms with Gasteiger partial charge in [-0.2, -0.15) is 0 Å². The molecule has 22 heavy (non-hydrogen) atoms. The van der Waals surface area contributed by atoms with Crippen LogP contribution in [0.3, 0.4) is 0 Å². The second kappa shape index (κ2) is 5.60. The minimum atomic E-state index is 0.145. The average molecular weight is 414 g/mol. The minimum Gasteiger partial charge on any atom is -0.458 e. The maximum absolute atomic E-state index is 6.08. The quantitative estimate of drug-likeness (QED) is 0.431. The molecule has 0 aliphatic carbocycles. The topological polar surface area (TPSA) is 9.23 Å². The molecule has 0 fully saturated rings. The summed E-state index contributed by atoms with van der Waals surface area (Å²) in [5.74, 6) is 1.85. The Morgan fingerprint density at radius 3 is 1.68 bits per heavy atom. The van der Waals surface area contributed by atoms with E-state index in [9.17, 15) is 0 Å². The van der Waals surface area contributed by atoms with Crippen molar-refractivity contribution in [2.45, 2.75) is 0 Å². The van der Waals surface area contributed by atoms with Gasteiger partial charge in [0.05, 0.1) is 0 Å². The number of fused-ring (bicyclic) bond motifs is 2. The van der Waals surface area contributed by atoms with Crippen molar-refractivity contribution in [2.24, 2.45) is 0 Å². The van der Waals surface area contributed by atoms with Crippen LogP contribution in [0.5, 0.6) is 11.5 Å². The van der Waals surface area contributed by atoms with Gasteiger partial charge in [0.15, 0.2) is 0 Å². The number of halogens is 2. The van der Waals surface area contributed by atoms with Gasteiger partial charge in [0, 0.05) is 8.95 Å². The standard InChI is InChI=1S/C18H11BBr2O/c20-14-8-5-9-15(21)18(14)19-12-6-1-3-10-16(12)22-17-11-4-2-7-13(17)19/h1-11H. The molecule has 0 atom stereocenters. The summed E-state index contributed by atoms with van der Waals surface area (Å²) in [6.45, 7) is 0.145. The molecular weight excluding hydrogens is 403 g/mol. The Morgan fingerprint density at radius 2 is 1.14 bits per heavy atom. The van der Waals surface area contributed by atoms with Crippen molar-refractivity contribution in [3.05, 3.63) is 75.7 Å². The summed E-state index contributed by atoms with van der Waals surface area (Å²) >= 11 is 7.43. The van der Waals surface area contributed by atoms with Crippen molar-refractivity contribution >= 4 is 55.0 Å². The van der Waals surface area contributed by atoms with Crippen LogP contribution in [0.4, 0.5) is 0 Å². The van der Waals surface area contributed by atoms with Gasteiger partial charge >= 0.3 is 0 Å². The molecule has 0 aromatic heterocycles. The highest BCUT2D eigenvalue weighted by Crippen LogP contribution is 2.26. The highest BCUT2D eigenvalue weighted by molar-refractivity contribution is 9.11. The number of rotatable bonds is 1. The average Bonchev–Trinajstić information content (AvgIpc) is 2.54. The molecule has 0 saturated heterocycles. The lowest BCUT2D eigenvalue weighted by atomic mass is 9.36. The van der Waals surface area contributed by atoms with Crippen LogP contribution in [0.1, 0.15) is 0 Å². The monoisotopic (exact) mass is 412 g/mol. The van der Waals surface area contributed by atoms with Crippen molar-refractivity contribution in [1.82, 2.24) is 0 Å². The van der Waals surface area contributed by atoms with Gasteiger partial charge in [-0.1, -0.05) is 74.3 Å². The van der Waals surface area contributed by atoms with Crippen LogP contribution >= 0.6 is 31.9 Å². The summed E-state index contributed by atoms with van der Waals surface area (Å²) in [6, 6.07) is 22.7. The maximum atomic E-state index is 6.08. The molecule has 0 unspecified atom stereocenters. The molecule has 0 radical (unpaired) electrons. The molecule has 4 heteroatoms. The van der Waals surface area contributed by atoms with Crippen LogP contribution in [0.25, 0.3) is 0 Å². The second-order valence-corrected chi connectivity index (χ2v) is 6.95. The number of hydrogen-bond acceptors (Lipinski definition) is 1. The zero-order valence-electron chi connectivity index (χ0n) is 11.6. The first-order valence-corrected chi connectivity index (χ1v) is 8.64. The van der Waals surface area contributed by atoms with Crippen LogP contribution < -0.4 is 21.1 Å². The SMILES string of the molecule is Brc1cccc(Br)c1B1c2ccccc2Oc2ccccc21. The Labute approximate surface area is 146 Å². The molecule has 0 spiro atoms. The molecule has 4 rings (SSSR count). The third kappa shape index (κ3) is 2.22. The van der Waals surface area contributed by atoms with E-state index in [4.69, 9.17) is 4.74 Å². The van der Waals surface area contributed by atoms with Gasteiger partial charge in [0.2, 0.25) is 0 Å². The van der Waals surface area contributed by atoms with Crippen LogP contribution in [-0.2, 0) is 0 Å². The molecular formula is C18H11BBr2O. The lowest BCUT2D eigenvalue weighted by molar-refractivity contribution is 0.487. The summed E-state index contributed by atoms with van der Waals surface area (Å²) in [7, 11) is 0. The predicted octanol–water partition coefficient (Wildman–Crippen LogP) is 3.83. The van der Waals surface area contributed by atoms with Crippen LogP contribution in [0, 0.1) is 0 Å². The fourth-order valence-corrected chi connectivity index (χ4v) is 4.46. The van der Waals surface area contributed by atoms with Gasteiger partial charge in [-0.05, 0) is 40.7 Å². The second-order valence-electron chi connectivity index (χ2n) is 5.25. The Balaban J connectivity index is 2.03. The molecule has 0 amide bonds. The van der Waals surface area contributed by atoms with E-state index in [1.165, 1.54) is 16.4 Å². The fourth-order valence-electron chi connectivity index (χ4n) is 3.01. The molecule has 0 saturated carbocycles. The third-order valence-electron chi connectivity index (χ3n) is 3.97. The zero-order valence-corrected chi connectivity index (χ0v) is 14.8. The maximum Gasteiger partial charge on any atom is 0.253 e. The predicted molar refractivity (Wildman–Crippen MR) is 99.5 cm³/mol. The number of para-hydroxylation sites is 2. The van der Waals surface area contributed by atoms with E-state index < -0.39 is 0 Å². The summed E-state index contributed by atoms with van der Waals surface area (Å²) in [4.78, 5) is 0. The molecule has 1 aliphatic heterocycles. The molecule has 1 nitrogen and oxygen atoms in total. The third-order valence-corrected chi connectivity index (χ3v) is 5.35. The van der Waals surface area contributed by atoms with E-state index in [2.05, 4.69) is 68.3 Å². The van der Waals surface area contributed by atoms with Gasteiger partial charge in [0.1, 0.15) is 11.5 Å². The Kier molecular flexibility index (Phi) is 3.59. The zero-order chi connectivity index (χ0) is 15.1. The summed E-state index contributed by atoms with van der Waals surface area (Å²) in [5, 5.41) is 0. The van der Waals surface area contributed by atoms with E-state index in [0.29, 0.717) is 0 Å². The van der Waals surface area contributed by atoms with Gasteiger partial charge in [-0.15, -0.1) is 0 Å². The smallest absolute Gasteiger partial charge is 0.253 e. The van der Waals surface area contributed by atoms with Gasteiger partial charge in [-0.3, -0.25) is 0 Å². The number of ether oxygens (including phenoxy) is 1. The van der Waals surface area contributed by atoms with Crippen molar-refractivity contribution in [1.29, 1.82) is 0 Å². The fraction of sp³-hybridized carbons (Fsp3) is 0. The van der Waals surface area contributed by atoms with Gasteiger partial charge in [0.25, 0.3) is 6.71 Å². The van der Waals surface area contributed by atoms with Gasteiger partial charge in [-0.25, -0.2) is 0 Å². The molecule has 0 N–H and O–H groups in total. The first kappa shape index (κ1) is 14.1. The molecule has 1 aliphatic rings. The summed E-state index contributed by atoms with van der Waals surface area (Å²) in [5.41, 5.74) is 3.60. The Hall–Kier alpha value is -1.52. The Morgan fingerprint density at radius 1 is 0.636 bits per heavy atom. The Bertz CT molecular complexity index is 797. The van der Waals surface area contributed by atoms with Crippen LogP contribution in [0.15, 0.2) is 75.7 Å². The molecule has 3 aromatic carbocycles. The highest BCUT2D eigenvalue weighted by Gasteiger charge is 2.34. The van der Waals surface area contributed by atoms with E-state index in [1.807, 2.05) is 30.3 Å². The van der Waals surface area contributed by atoms with E-state index in [0.717, 1.165) is 20.4 Å². The number of benzene rings is 3. The van der Waals surface area contributed by atoms with Crippen molar-refractivity contribution in [2.75, 3.05) is 0 Å². The van der Waals surface area contributed by atoms with E-state index >= 15 is 0 Å². The lowest BCUT2D eigenvalue weighted by Gasteiger charge is -2.27. The molecule has 1 heterocycles. The van der Waals surface area contributed by atoms with Crippen LogP contribution in [-0.4, -0.2) is 6.71 Å². The van der Waals surface area contributed by atoms with E-state index in [-0.39, 0.29) is 6.71 Å². The van der Waals surface area contributed by atoms with Crippen molar-refractivity contribution in [3.8, 4) is 11.5 Å². The number of hydrogen-bond donors (Lipinski definition) is 0. The first-order chi connectivity index (χ1) is 10.8. The largest absolute Gasteiger partial charge is 0.458 e. The van der Waals surface area contributed by atoms with E-state index in [1.54, 1.807) is 0 Å². The minimum absolute atomic E-state index is 0.145. The van der Waals surface area contributed by atoms with Crippen molar-refractivity contribution < 1.29 is 4.74 Å². The van der Waals surface area contributed by atoms with Crippen molar-refractivity contribution in [3.63, 3.8) is 0 Å². The summed E-state index contributed by atoms with van der Waals surface area (Å²) < 4.78 is 8.27. The summed E-state index contributed by atoms with van der Waals surface area (Å²) in [6.07, 6.45) is 0.